The molecule has 3 nitrogen and oxygen atoms in total. The molecule has 0 aromatic heterocycles. The molecule has 0 saturated heterocycles. The first kappa shape index (κ1) is 34.5. The summed E-state index contributed by atoms with van der Waals surface area (Å²) in [5, 5.41) is 10.7. The zero-order chi connectivity index (χ0) is 28.6. The van der Waals surface area contributed by atoms with E-state index in [9.17, 15) is 9.90 Å². The highest BCUT2D eigenvalue weighted by Gasteiger charge is 2.25. The summed E-state index contributed by atoms with van der Waals surface area (Å²) in [4.78, 5) is 13.1. The SMILES string of the molecule is CCCCCCCCCCCCCCCCOC(=O)c1cc(C(C)(C)C)c(O)cc1CCC(C)C(C)(C)C. The van der Waals surface area contributed by atoms with Crippen LogP contribution in [0, 0.1) is 11.3 Å². The van der Waals surface area contributed by atoms with Crippen molar-refractivity contribution in [3.05, 3.63) is 28.8 Å². The first-order chi connectivity index (χ1) is 17.9. The predicted molar refractivity (Wildman–Crippen MR) is 164 cm³/mol. The Hall–Kier alpha value is -1.51. The standard InChI is InChI=1S/C35H62O3/c1-9-10-11-12-13-14-15-16-17-18-19-20-21-22-25-38-33(37)30-27-31(35(6,7)8)32(36)26-29(30)24-23-28(2)34(3,4)5/h26-28,36H,9-25H2,1-8H3. The molecular weight excluding hydrogens is 468 g/mol. The smallest absolute Gasteiger partial charge is 0.338 e. The van der Waals surface area contributed by atoms with Crippen LogP contribution < -0.4 is 0 Å². The van der Waals surface area contributed by atoms with Crippen LogP contribution in [-0.4, -0.2) is 17.7 Å². The van der Waals surface area contributed by atoms with Crippen LogP contribution in [-0.2, 0) is 16.6 Å². The van der Waals surface area contributed by atoms with Gasteiger partial charge in [-0.1, -0.05) is 139 Å². The number of carbonyl (C=O) groups is 1. The van der Waals surface area contributed by atoms with Gasteiger partial charge in [0.15, 0.2) is 0 Å². The number of benzene rings is 1. The second-order valence-electron chi connectivity index (χ2n) is 13.8. The Kier molecular flexibility index (Phi) is 16.3. The number of hydrogen-bond donors (Lipinski definition) is 1. The molecule has 1 atom stereocenters. The van der Waals surface area contributed by atoms with E-state index >= 15 is 0 Å². The van der Waals surface area contributed by atoms with Crippen molar-refractivity contribution in [2.24, 2.45) is 11.3 Å². The molecule has 0 aliphatic carbocycles. The summed E-state index contributed by atoms with van der Waals surface area (Å²) in [5.74, 6) is 0.536. The summed E-state index contributed by atoms with van der Waals surface area (Å²) in [5.41, 5.74) is 2.29. The molecular formula is C35H62O3. The molecule has 0 amide bonds. The molecule has 0 spiro atoms. The number of hydrogen-bond acceptors (Lipinski definition) is 3. The minimum atomic E-state index is -0.247. The van der Waals surface area contributed by atoms with Gasteiger partial charge in [-0.3, -0.25) is 0 Å². The van der Waals surface area contributed by atoms with E-state index < -0.39 is 0 Å². The van der Waals surface area contributed by atoms with Crippen molar-refractivity contribution in [1.29, 1.82) is 0 Å². The lowest BCUT2D eigenvalue weighted by Crippen LogP contribution is -2.19. The van der Waals surface area contributed by atoms with Gasteiger partial charge in [0.05, 0.1) is 12.2 Å². The maximum Gasteiger partial charge on any atom is 0.338 e. The normalized spacial score (nSPS) is 13.1. The quantitative estimate of drug-likeness (QED) is 0.143. The lowest BCUT2D eigenvalue weighted by molar-refractivity contribution is 0.0496. The van der Waals surface area contributed by atoms with Gasteiger partial charge in [-0.2, -0.15) is 0 Å². The number of ether oxygens (including phenoxy) is 1. The molecule has 3 heteroatoms. The lowest BCUT2D eigenvalue weighted by Gasteiger charge is -2.28. The van der Waals surface area contributed by atoms with Gasteiger partial charge in [-0.05, 0) is 53.7 Å². The van der Waals surface area contributed by atoms with Crippen LogP contribution in [0.25, 0.3) is 0 Å². The summed E-state index contributed by atoms with van der Waals surface area (Å²) in [6, 6.07) is 3.68. The fourth-order valence-corrected chi connectivity index (χ4v) is 4.97. The van der Waals surface area contributed by atoms with Gasteiger partial charge in [0, 0.05) is 5.56 Å². The summed E-state index contributed by atoms with van der Waals surface area (Å²) in [7, 11) is 0. The molecule has 0 fully saturated rings. The summed E-state index contributed by atoms with van der Waals surface area (Å²) < 4.78 is 5.74. The van der Waals surface area contributed by atoms with E-state index in [0.29, 0.717) is 18.1 Å². The highest BCUT2D eigenvalue weighted by Crippen LogP contribution is 2.35. The highest BCUT2D eigenvalue weighted by atomic mass is 16.5. The Morgan fingerprint density at radius 3 is 1.71 bits per heavy atom. The van der Waals surface area contributed by atoms with Crippen molar-refractivity contribution in [1.82, 2.24) is 0 Å². The first-order valence-electron chi connectivity index (χ1n) is 15.9. The van der Waals surface area contributed by atoms with Crippen LogP contribution in [0.15, 0.2) is 12.1 Å². The van der Waals surface area contributed by atoms with Gasteiger partial charge in [0.1, 0.15) is 5.75 Å². The monoisotopic (exact) mass is 530 g/mol. The van der Waals surface area contributed by atoms with Gasteiger partial charge >= 0.3 is 5.97 Å². The molecule has 1 unspecified atom stereocenters. The van der Waals surface area contributed by atoms with E-state index in [4.69, 9.17) is 4.74 Å². The number of esters is 1. The predicted octanol–water partition coefficient (Wildman–Crippen LogP) is 10.9. The maximum atomic E-state index is 13.1. The van der Waals surface area contributed by atoms with E-state index in [-0.39, 0.29) is 22.5 Å². The molecule has 0 heterocycles. The number of unbranched alkanes of at least 4 members (excludes halogenated alkanes) is 13. The van der Waals surface area contributed by atoms with E-state index in [2.05, 4.69) is 55.4 Å². The van der Waals surface area contributed by atoms with E-state index in [0.717, 1.165) is 36.8 Å². The number of carbonyl (C=O) groups excluding carboxylic acids is 1. The number of rotatable bonds is 19. The molecule has 0 aliphatic rings. The Labute approximate surface area is 236 Å². The van der Waals surface area contributed by atoms with E-state index in [1.807, 2.05) is 6.07 Å². The van der Waals surface area contributed by atoms with Crippen LogP contribution in [0.1, 0.15) is 173 Å². The van der Waals surface area contributed by atoms with E-state index in [1.54, 1.807) is 6.07 Å². The number of aryl methyl sites for hydroxylation is 1. The number of phenolic OH excluding ortho intramolecular Hbond substituents is 1. The minimum absolute atomic E-state index is 0.210. The lowest BCUT2D eigenvalue weighted by atomic mass is 9.78. The minimum Gasteiger partial charge on any atom is -0.508 e. The average Bonchev–Trinajstić information content (AvgIpc) is 2.83. The summed E-state index contributed by atoms with van der Waals surface area (Å²) in [6.07, 6.45) is 20.1. The second-order valence-corrected chi connectivity index (χ2v) is 13.8. The van der Waals surface area contributed by atoms with Crippen molar-refractivity contribution < 1.29 is 14.6 Å². The van der Waals surface area contributed by atoms with Crippen molar-refractivity contribution >= 4 is 5.97 Å². The Balaban J connectivity index is 2.43. The van der Waals surface area contributed by atoms with Crippen LogP contribution >= 0.6 is 0 Å². The largest absolute Gasteiger partial charge is 0.508 e. The topological polar surface area (TPSA) is 46.5 Å². The molecule has 1 rings (SSSR count). The van der Waals surface area contributed by atoms with Crippen molar-refractivity contribution in [3.8, 4) is 5.75 Å². The van der Waals surface area contributed by atoms with Gasteiger partial charge in [0.2, 0.25) is 0 Å². The number of phenols is 1. The van der Waals surface area contributed by atoms with Gasteiger partial charge < -0.3 is 9.84 Å². The van der Waals surface area contributed by atoms with Crippen LogP contribution in [0.5, 0.6) is 5.75 Å². The van der Waals surface area contributed by atoms with E-state index in [1.165, 1.54) is 77.0 Å². The zero-order valence-corrected chi connectivity index (χ0v) is 26.5. The molecule has 1 N–H and O–H groups in total. The van der Waals surface area contributed by atoms with Crippen molar-refractivity contribution in [3.63, 3.8) is 0 Å². The fraction of sp³-hybridized carbons (Fsp3) is 0.800. The average molecular weight is 531 g/mol. The molecule has 0 aliphatic heterocycles. The molecule has 1 aromatic rings. The zero-order valence-electron chi connectivity index (χ0n) is 26.5. The van der Waals surface area contributed by atoms with Gasteiger partial charge in [0.25, 0.3) is 0 Å². The summed E-state index contributed by atoms with van der Waals surface area (Å²) >= 11 is 0. The van der Waals surface area contributed by atoms with Crippen LogP contribution in [0.2, 0.25) is 0 Å². The van der Waals surface area contributed by atoms with Crippen LogP contribution in [0.4, 0.5) is 0 Å². The Bertz CT molecular complexity index is 782. The third-order valence-corrected chi connectivity index (χ3v) is 8.31. The molecule has 38 heavy (non-hydrogen) atoms. The molecule has 1 aromatic carbocycles. The highest BCUT2D eigenvalue weighted by molar-refractivity contribution is 5.91. The Morgan fingerprint density at radius 1 is 0.789 bits per heavy atom. The van der Waals surface area contributed by atoms with Gasteiger partial charge in [-0.15, -0.1) is 0 Å². The molecule has 0 saturated carbocycles. The van der Waals surface area contributed by atoms with Crippen LogP contribution in [0.3, 0.4) is 0 Å². The fourth-order valence-electron chi connectivity index (χ4n) is 4.97. The number of aromatic hydroxyl groups is 1. The third-order valence-electron chi connectivity index (χ3n) is 8.31. The molecule has 220 valence electrons. The molecule has 0 radical (unpaired) electrons. The van der Waals surface area contributed by atoms with Gasteiger partial charge in [-0.25, -0.2) is 4.79 Å². The first-order valence-corrected chi connectivity index (χ1v) is 15.9. The molecule has 0 bridgehead atoms. The third kappa shape index (κ3) is 14.0. The van der Waals surface area contributed by atoms with Crippen molar-refractivity contribution in [2.45, 2.75) is 164 Å². The Morgan fingerprint density at radius 2 is 1.26 bits per heavy atom. The van der Waals surface area contributed by atoms with Crippen molar-refractivity contribution in [2.75, 3.05) is 6.61 Å². The summed E-state index contributed by atoms with van der Waals surface area (Å²) in [6.45, 7) is 18.0. The second kappa shape index (κ2) is 18.0. The maximum absolute atomic E-state index is 13.1.